The summed E-state index contributed by atoms with van der Waals surface area (Å²) >= 11 is 5.60. The average Bonchev–Trinajstić information content (AvgIpc) is 2.11. The number of nitrogens with zero attached hydrogens (tertiary/aromatic N) is 3. The standard InChI is InChI=1S/C8H10ClN3O2/c1-11(2)8(13)10-6-3-4-12(14)7(9)5-6/h3-5,14H,1-2H3/b10-6-. The third kappa shape index (κ3) is 2.50. The second-order valence-corrected chi connectivity index (χ2v) is 3.23. The molecule has 1 rings (SSSR count). The van der Waals surface area contributed by atoms with E-state index in [0.717, 1.165) is 4.73 Å². The van der Waals surface area contributed by atoms with Crippen LogP contribution < -0.4 is 5.36 Å². The fraction of sp³-hybridized carbons (Fsp3) is 0.250. The summed E-state index contributed by atoms with van der Waals surface area (Å²) in [7, 11) is 3.20. The Balaban J connectivity index is 3.08. The molecule has 0 atom stereocenters. The van der Waals surface area contributed by atoms with Crippen molar-refractivity contribution >= 4 is 17.6 Å². The number of rotatable bonds is 0. The van der Waals surface area contributed by atoms with E-state index in [2.05, 4.69) is 4.99 Å². The Kier molecular flexibility index (Phi) is 3.14. The maximum Gasteiger partial charge on any atom is 0.343 e. The molecule has 0 aliphatic carbocycles. The molecule has 1 aromatic heterocycles. The molecule has 0 saturated heterocycles. The highest BCUT2D eigenvalue weighted by molar-refractivity contribution is 6.29. The Hall–Kier alpha value is -1.49. The van der Waals surface area contributed by atoms with Crippen LogP contribution in [0.2, 0.25) is 5.15 Å². The molecule has 0 aliphatic heterocycles. The second kappa shape index (κ2) is 4.15. The molecule has 0 bridgehead atoms. The number of urea groups is 1. The van der Waals surface area contributed by atoms with E-state index >= 15 is 0 Å². The Labute approximate surface area is 85.8 Å². The molecule has 0 aromatic carbocycles. The zero-order valence-corrected chi connectivity index (χ0v) is 8.56. The van der Waals surface area contributed by atoms with Gasteiger partial charge in [-0.25, -0.2) is 4.79 Å². The Morgan fingerprint density at radius 1 is 1.64 bits per heavy atom. The van der Waals surface area contributed by atoms with Crippen molar-refractivity contribution in [2.45, 2.75) is 0 Å². The predicted molar refractivity (Wildman–Crippen MR) is 51.3 cm³/mol. The first kappa shape index (κ1) is 10.6. The van der Waals surface area contributed by atoms with Gasteiger partial charge in [-0.05, 0) is 6.07 Å². The zero-order chi connectivity index (χ0) is 10.7. The topological polar surface area (TPSA) is 57.8 Å². The van der Waals surface area contributed by atoms with Crippen LogP contribution in [0.1, 0.15) is 0 Å². The summed E-state index contributed by atoms with van der Waals surface area (Å²) in [5, 5.41) is 9.53. The van der Waals surface area contributed by atoms with Crippen molar-refractivity contribution in [3.05, 3.63) is 28.8 Å². The zero-order valence-electron chi connectivity index (χ0n) is 7.81. The molecule has 1 heterocycles. The molecule has 0 saturated carbocycles. The fourth-order valence-electron chi connectivity index (χ4n) is 0.734. The maximum absolute atomic E-state index is 11.2. The van der Waals surface area contributed by atoms with Crippen molar-refractivity contribution in [1.82, 2.24) is 9.63 Å². The number of hydrogen-bond donors (Lipinski definition) is 1. The van der Waals surface area contributed by atoms with Crippen LogP contribution >= 0.6 is 11.6 Å². The van der Waals surface area contributed by atoms with E-state index in [1.165, 1.54) is 23.2 Å². The lowest BCUT2D eigenvalue weighted by Crippen LogP contribution is -2.20. The van der Waals surface area contributed by atoms with Gasteiger partial charge < -0.3 is 10.1 Å². The first-order valence-electron chi connectivity index (χ1n) is 3.84. The van der Waals surface area contributed by atoms with E-state index in [-0.39, 0.29) is 11.2 Å². The molecule has 1 aromatic rings. The van der Waals surface area contributed by atoms with E-state index in [9.17, 15) is 4.79 Å². The van der Waals surface area contributed by atoms with Gasteiger partial charge in [0.2, 0.25) is 0 Å². The van der Waals surface area contributed by atoms with Crippen LogP contribution in [0.25, 0.3) is 0 Å². The minimum atomic E-state index is -0.378. The number of halogens is 1. The molecule has 0 radical (unpaired) electrons. The van der Waals surface area contributed by atoms with Crippen molar-refractivity contribution in [3.63, 3.8) is 0 Å². The van der Waals surface area contributed by atoms with E-state index in [1.54, 1.807) is 14.1 Å². The van der Waals surface area contributed by atoms with E-state index in [4.69, 9.17) is 16.8 Å². The van der Waals surface area contributed by atoms with Gasteiger partial charge in [0.05, 0.1) is 5.36 Å². The number of amides is 2. The summed E-state index contributed by atoms with van der Waals surface area (Å²) in [4.78, 5) is 16.2. The van der Waals surface area contributed by atoms with Gasteiger partial charge in [-0.15, -0.1) is 0 Å². The quantitative estimate of drug-likeness (QED) is 0.518. The van der Waals surface area contributed by atoms with Gasteiger partial charge in [-0.3, -0.25) is 0 Å². The molecule has 0 aliphatic rings. The maximum atomic E-state index is 11.2. The molecular weight excluding hydrogens is 206 g/mol. The lowest BCUT2D eigenvalue weighted by atomic mass is 10.5. The Bertz CT molecular complexity index is 411. The lowest BCUT2D eigenvalue weighted by molar-refractivity contribution is 0.185. The molecule has 2 amide bonds. The fourth-order valence-corrected chi connectivity index (χ4v) is 0.903. The summed E-state index contributed by atoms with van der Waals surface area (Å²) in [5.74, 6) is 0. The number of hydrogen-bond acceptors (Lipinski definition) is 2. The largest absolute Gasteiger partial charge is 0.428 e. The van der Waals surface area contributed by atoms with Crippen LogP contribution in [0, 0.1) is 0 Å². The van der Waals surface area contributed by atoms with Gasteiger partial charge >= 0.3 is 6.03 Å². The Morgan fingerprint density at radius 3 is 2.79 bits per heavy atom. The molecule has 76 valence electrons. The SMILES string of the molecule is CN(C)C(=O)/N=c1/ccn(O)c(Cl)c1. The van der Waals surface area contributed by atoms with E-state index in [1.807, 2.05) is 0 Å². The molecule has 1 N–H and O–H groups in total. The summed E-state index contributed by atoms with van der Waals surface area (Å²) in [6, 6.07) is 2.49. The van der Waals surface area contributed by atoms with E-state index < -0.39 is 0 Å². The predicted octanol–water partition coefficient (Wildman–Crippen LogP) is 0.961. The highest BCUT2D eigenvalue weighted by atomic mass is 35.5. The van der Waals surface area contributed by atoms with Crippen LogP contribution in [0.3, 0.4) is 0 Å². The average molecular weight is 216 g/mol. The minimum Gasteiger partial charge on any atom is -0.428 e. The Morgan fingerprint density at radius 2 is 2.29 bits per heavy atom. The second-order valence-electron chi connectivity index (χ2n) is 2.84. The monoisotopic (exact) mass is 215 g/mol. The molecule has 0 unspecified atom stereocenters. The number of carbonyl (C=O) groups excluding carboxylic acids is 1. The van der Waals surface area contributed by atoms with Gasteiger partial charge in [0.25, 0.3) is 0 Å². The van der Waals surface area contributed by atoms with Crippen LogP contribution in [0.4, 0.5) is 4.79 Å². The van der Waals surface area contributed by atoms with Crippen molar-refractivity contribution < 1.29 is 10.0 Å². The van der Waals surface area contributed by atoms with Gasteiger partial charge in [-0.2, -0.15) is 9.72 Å². The van der Waals surface area contributed by atoms with Crippen molar-refractivity contribution in [2.75, 3.05) is 14.1 Å². The molecule has 14 heavy (non-hydrogen) atoms. The minimum absolute atomic E-state index is 0.0952. The smallest absolute Gasteiger partial charge is 0.343 e. The lowest BCUT2D eigenvalue weighted by Gasteiger charge is -2.04. The van der Waals surface area contributed by atoms with Gasteiger partial charge in [0.1, 0.15) is 5.15 Å². The number of pyridine rings is 1. The number of carbonyl (C=O) groups is 1. The highest BCUT2D eigenvalue weighted by Crippen LogP contribution is 2.00. The summed E-state index contributed by atoms with van der Waals surface area (Å²) in [5.41, 5.74) is 0. The van der Waals surface area contributed by atoms with Crippen LogP contribution in [0.15, 0.2) is 23.3 Å². The van der Waals surface area contributed by atoms with Crippen LogP contribution in [0.5, 0.6) is 0 Å². The van der Waals surface area contributed by atoms with E-state index in [0.29, 0.717) is 5.36 Å². The van der Waals surface area contributed by atoms with Gasteiger partial charge in [0.15, 0.2) is 0 Å². The third-order valence-electron chi connectivity index (χ3n) is 1.48. The molecule has 0 spiro atoms. The van der Waals surface area contributed by atoms with Crippen molar-refractivity contribution in [2.24, 2.45) is 4.99 Å². The molecule has 5 nitrogen and oxygen atoms in total. The highest BCUT2D eigenvalue weighted by Gasteiger charge is 1.99. The van der Waals surface area contributed by atoms with Gasteiger partial charge in [0, 0.05) is 26.4 Å². The molecule has 6 heteroatoms. The van der Waals surface area contributed by atoms with Crippen LogP contribution in [-0.2, 0) is 0 Å². The number of aromatic nitrogens is 1. The van der Waals surface area contributed by atoms with Gasteiger partial charge in [-0.1, -0.05) is 11.6 Å². The van der Waals surface area contributed by atoms with Crippen molar-refractivity contribution in [3.8, 4) is 0 Å². The summed E-state index contributed by atoms with van der Waals surface area (Å²) in [6.07, 6.45) is 1.31. The molecular formula is C8H10ClN3O2. The van der Waals surface area contributed by atoms with Crippen LogP contribution in [-0.4, -0.2) is 35.0 Å². The third-order valence-corrected chi connectivity index (χ3v) is 1.76. The normalized spacial score (nSPS) is 11.5. The first-order chi connectivity index (χ1) is 6.50. The van der Waals surface area contributed by atoms with Crippen molar-refractivity contribution in [1.29, 1.82) is 0 Å². The summed E-state index contributed by atoms with van der Waals surface area (Å²) in [6.45, 7) is 0. The molecule has 0 fully saturated rings. The first-order valence-corrected chi connectivity index (χ1v) is 4.22. The summed E-state index contributed by atoms with van der Waals surface area (Å²) < 4.78 is 0.737.